The number of aromatic nitrogens is 3. The third-order valence-corrected chi connectivity index (χ3v) is 4.76. The van der Waals surface area contributed by atoms with Crippen LogP contribution < -0.4 is 10.6 Å². The second-order valence-corrected chi connectivity index (χ2v) is 8.65. The Morgan fingerprint density at radius 1 is 1.31 bits per heavy atom. The molecule has 1 saturated carbocycles. The number of anilines is 1. The van der Waals surface area contributed by atoms with Gasteiger partial charge in [0.25, 0.3) is 0 Å². The van der Waals surface area contributed by atoms with Crippen molar-refractivity contribution in [2.24, 2.45) is 0 Å². The lowest BCUT2D eigenvalue weighted by molar-refractivity contribution is -0.109. The zero-order chi connectivity index (χ0) is 21.0. The molecule has 3 N–H and O–H groups in total. The van der Waals surface area contributed by atoms with E-state index in [2.05, 4.69) is 67.7 Å². The smallest absolute Gasteiger partial charge is 0.207 e. The number of benzene rings is 1. The Morgan fingerprint density at radius 3 is 2.55 bits per heavy atom. The summed E-state index contributed by atoms with van der Waals surface area (Å²) in [5.41, 5.74) is 3.21. The summed E-state index contributed by atoms with van der Waals surface area (Å²) >= 11 is 3.44. The highest BCUT2D eigenvalue weighted by Crippen LogP contribution is 2.26. The first kappa shape index (κ1) is 21.3. The summed E-state index contributed by atoms with van der Waals surface area (Å²) in [7, 11) is 0. The van der Waals surface area contributed by atoms with Crippen molar-refractivity contribution in [1.29, 1.82) is 0 Å². The topological polar surface area (TPSA) is 91.6 Å². The van der Waals surface area contributed by atoms with Gasteiger partial charge in [0.15, 0.2) is 11.5 Å². The van der Waals surface area contributed by atoms with Crippen LogP contribution in [0.4, 0.5) is 5.82 Å². The number of nitrogens with one attached hydrogen (secondary N) is 2. The first-order chi connectivity index (χ1) is 13.8. The molecule has 8 heteroatoms. The Hall–Kier alpha value is -2.45. The van der Waals surface area contributed by atoms with Gasteiger partial charge in [-0.05, 0) is 49.5 Å². The Kier molecular flexibility index (Phi) is 6.54. The molecule has 1 aliphatic rings. The van der Waals surface area contributed by atoms with Gasteiger partial charge in [0.2, 0.25) is 6.41 Å². The SMILES string of the molecule is Cc1ccc(-c2cnc3c(NCC(C)(C)O)nc(Br)cn23)cc1.O=CNC1CC1. The van der Waals surface area contributed by atoms with E-state index in [4.69, 9.17) is 0 Å². The monoisotopic (exact) mass is 459 g/mol. The van der Waals surface area contributed by atoms with E-state index in [0.717, 1.165) is 23.3 Å². The average molecular weight is 460 g/mol. The number of hydrogen-bond acceptors (Lipinski definition) is 5. The molecule has 0 saturated heterocycles. The van der Waals surface area contributed by atoms with Gasteiger partial charge in [0.1, 0.15) is 4.60 Å². The standard InChI is InChI=1S/C17H19BrN4O.C4H7NO/c1-11-4-6-12(7-5-11)13-8-19-16-15(20-10-17(2,3)23)21-14(18)9-22(13)16;6-3-5-4-1-2-4/h4-9,23H,10H2,1-3H3,(H,20,21);3-4H,1-2H2,(H,5,6). The van der Waals surface area contributed by atoms with Crippen molar-refractivity contribution in [3.8, 4) is 11.3 Å². The normalized spacial score (nSPS) is 13.6. The van der Waals surface area contributed by atoms with Crippen LogP contribution in [0.15, 0.2) is 41.3 Å². The van der Waals surface area contributed by atoms with E-state index in [1.165, 1.54) is 18.4 Å². The molecule has 3 aromatic rings. The van der Waals surface area contributed by atoms with Crippen LogP contribution in [-0.2, 0) is 4.79 Å². The number of nitrogens with zero attached hydrogens (tertiary/aromatic N) is 3. The van der Waals surface area contributed by atoms with Gasteiger partial charge in [-0.1, -0.05) is 29.8 Å². The first-order valence-electron chi connectivity index (χ1n) is 9.53. The van der Waals surface area contributed by atoms with E-state index in [-0.39, 0.29) is 0 Å². The number of fused-ring (bicyclic) bond motifs is 1. The predicted molar refractivity (Wildman–Crippen MR) is 118 cm³/mol. The van der Waals surface area contributed by atoms with Crippen molar-refractivity contribution in [2.75, 3.05) is 11.9 Å². The molecule has 0 unspecified atom stereocenters. The molecule has 1 amide bonds. The molecule has 1 aliphatic carbocycles. The number of amides is 1. The highest BCUT2D eigenvalue weighted by molar-refractivity contribution is 9.10. The number of carbonyl (C=O) groups excluding carboxylic acids is 1. The van der Waals surface area contributed by atoms with Gasteiger partial charge in [-0.15, -0.1) is 0 Å². The lowest BCUT2D eigenvalue weighted by Gasteiger charge is -2.18. The van der Waals surface area contributed by atoms with Gasteiger partial charge in [-0.3, -0.25) is 9.20 Å². The number of aryl methyl sites for hydroxylation is 1. The van der Waals surface area contributed by atoms with E-state index >= 15 is 0 Å². The lowest BCUT2D eigenvalue weighted by atomic mass is 10.1. The molecular weight excluding hydrogens is 434 g/mol. The first-order valence-corrected chi connectivity index (χ1v) is 10.3. The van der Waals surface area contributed by atoms with Crippen molar-refractivity contribution in [1.82, 2.24) is 19.7 Å². The molecule has 0 spiro atoms. The van der Waals surface area contributed by atoms with Crippen LogP contribution in [0.3, 0.4) is 0 Å². The Morgan fingerprint density at radius 2 is 2.00 bits per heavy atom. The highest BCUT2D eigenvalue weighted by Gasteiger charge is 2.19. The van der Waals surface area contributed by atoms with Crippen LogP contribution in [-0.4, -0.2) is 44.1 Å². The second-order valence-electron chi connectivity index (χ2n) is 7.84. The molecule has 0 atom stereocenters. The molecule has 4 rings (SSSR count). The van der Waals surface area contributed by atoms with Gasteiger partial charge in [-0.2, -0.15) is 0 Å². The number of carbonyl (C=O) groups is 1. The summed E-state index contributed by atoms with van der Waals surface area (Å²) in [6.45, 7) is 5.95. The maximum Gasteiger partial charge on any atom is 0.207 e. The van der Waals surface area contributed by atoms with Gasteiger partial charge < -0.3 is 15.7 Å². The fraction of sp³-hybridized carbons (Fsp3) is 0.381. The van der Waals surface area contributed by atoms with E-state index in [1.54, 1.807) is 13.8 Å². The van der Waals surface area contributed by atoms with Crippen LogP contribution in [0.2, 0.25) is 0 Å². The van der Waals surface area contributed by atoms with Crippen molar-refractivity contribution in [3.63, 3.8) is 0 Å². The minimum atomic E-state index is -0.826. The molecule has 2 heterocycles. The summed E-state index contributed by atoms with van der Waals surface area (Å²) in [5, 5.41) is 15.7. The maximum atomic E-state index is 9.90. The maximum absolute atomic E-state index is 9.90. The van der Waals surface area contributed by atoms with Crippen LogP contribution in [0.5, 0.6) is 0 Å². The summed E-state index contributed by atoms with van der Waals surface area (Å²) in [6, 6.07) is 8.85. The van der Waals surface area contributed by atoms with E-state index in [0.29, 0.717) is 23.0 Å². The lowest BCUT2D eigenvalue weighted by Crippen LogP contribution is -2.29. The summed E-state index contributed by atoms with van der Waals surface area (Å²) in [4.78, 5) is 18.5. The van der Waals surface area contributed by atoms with Crippen molar-refractivity contribution >= 4 is 33.8 Å². The van der Waals surface area contributed by atoms with Crippen LogP contribution in [0.1, 0.15) is 32.3 Å². The van der Waals surface area contributed by atoms with E-state index < -0.39 is 5.60 Å². The number of imidazole rings is 1. The molecule has 7 nitrogen and oxygen atoms in total. The minimum absolute atomic E-state index is 0.388. The fourth-order valence-electron chi connectivity index (χ4n) is 2.66. The third-order valence-electron chi connectivity index (χ3n) is 4.38. The molecule has 1 fully saturated rings. The van der Waals surface area contributed by atoms with Crippen molar-refractivity contribution < 1.29 is 9.90 Å². The largest absolute Gasteiger partial charge is 0.389 e. The molecule has 0 bridgehead atoms. The molecule has 1 aromatic carbocycles. The van der Waals surface area contributed by atoms with Crippen LogP contribution in [0.25, 0.3) is 16.9 Å². The molecule has 0 radical (unpaired) electrons. The molecule has 2 aromatic heterocycles. The van der Waals surface area contributed by atoms with Gasteiger partial charge in [0.05, 0.1) is 17.5 Å². The Labute approximate surface area is 178 Å². The number of aliphatic hydroxyl groups is 1. The van der Waals surface area contributed by atoms with Gasteiger partial charge in [-0.25, -0.2) is 9.97 Å². The third kappa shape index (κ3) is 6.01. The van der Waals surface area contributed by atoms with Crippen molar-refractivity contribution in [2.45, 2.75) is 45.3 Å². The van der Waals surface area contributed by atoms with Gasteiger partial charge >= 0.3 is 0 Å². The minimum Gasteiger partial charge on any atom is -0.389 e. The van der Waals surface area contributed by atoms with Crippen molar-refractivity contribution in [3.05, 3.63) is 46.8 Å². The second kappa shape index (κ2) is 8.92. The van der Waals surface area contributed by atoms with Crippen LogP contribution >= 0.6 is 15.9 Å². The highest BCUT2D eigenvalue weighted by atomic mass is 79.9. The molecular formula is C21H26BrN5O2. The molecule has 29 heavy (non-hydrogen) atoms. The van der Waals surface area contributed by atoms with E-state index in [9.17, 15) is 9.90 Å². The number of rotatable bonds is 6. The average Bonchev–Trinajstić information content (AvgIpc) is 3.38. The molecule has 154 valence electrons. The quantitative estimate of drug-likeness (QED) is 0.490. The van der Waals surface area contributed by atoms with Crippen LogP contribution in [0, 0.1) is 6.92 Å². The predicted octanol–water partition coefficient (Wildman–Crippen LogP) is 3.54. The molecule has 0 aliphatic heterocycles. The summed E-state index contributed by atoms with van der Waals surface area (Å²) < 4.78 is 2.70. The summed E-state index contributed by atoms with van der Waals surface area (Å²) in [5.74, 6) is 0.639. The number of halogens is 1. The van der Waals surface area contributed by atoms with Gasteiger partial charge in [0, 0.05) is 24.3 Å². The number of hydrogen-bond donors (Lipinski definition) is 3. The van der Waals surface area contributed by atoms with E-state index in [1.807, 2.05) is 16.8 Å². The zero-order valence-corrected chi connectivity index (χ0v) is 18.4. The Balaban J connectivity index is 0.000000343. The summed E-state index contributed by atoms with van der Waals surface area (Å²) in [6.07, 6.45) is 6.85. The Bertz CT molecular complexity index is 975. The zero-order valence-electron chi connectivity index (χ0n) is 16.8. The fourth-order valence-corrected chi connectivity index (χ4v) is 3.04.